The van der Waals surface area contributed by atoms with Crippen LogP contribution < -0.4 is 14.8 Å². The Hall–Kier alpha value is -3.50. The number of sulfonamides is 1. The van der Waals surface area contributed by atoms with Crippen LogP contribution in [0.15, 0.2) is 59.5 Å². The molecule has 10 heteroatoms. The molecule has 2 aromatic carbocycles. The molecule has 0 saturated carbocycles. The van der Waals surface area contributed by atoms with Crippen LogP contribution in [0.1, 0.15) is 34.7 Å². The third-order valence-electron chi connectivity index (χ3n) is 5.20. The minimum Gasteiger partial charge on any atom is -0.491 e. The minimum atomic E-state index is -3.84. The van der Waals surface area contributed by atoms with Gasteiger partial charge in [-0.05, 0) is 75.2 Å². The van der Waals surface area contributed by atoms with Gasteiger partial charge >= 0.3 is 0 Å². The largest absolute Gasteiger partial charge is 0.491 e. The molecule has 1 saturated heterocycles. The number of nitrogens with zero attached hydrogens (tertiary/aromatic N) is 2. The van der Waals surface area contributed by atoms with E-state index in [1.165, 1.54) is 24.3 Å². The minimum absolute atomic E-state index is 0.0483. The fourth-order valence-corrected chi connectivity index (χ4v) is 4.55. The molecule has 2 N–H and O–H groups in total. The Kier molecular flexibility index (Phi) is 7.09. The number of carbonyl (C=O) groups excluding carboxylic acids is 1. The Labute approximate surface area is 198 Å². The molecule has 2 heterocycles. The van der Waals surface area contributed by atoms with Gasteiger partial charge in [-0.25, -0.2) is 18.4 Å². The van der Waals surface area contributed by atoms with Crippen molar-refractivity contribution >= 4 is 27.4 Å². The average Bonchev–Trinajstić information content (AvgIpc) is 3.31. The predicted molar refractivity (Wildman–Crippen MR) is 128 cm³/mol. The lowest BCUT2D eigenvalue weighted by molar-refractivity contribution is 0.0679. The standard InChI is InChI=1S/C24H26N4O5S/c1-16-14-23(26-17(2)25-16)28-34(30,31)22-11-7-19(8-12-22)27-24(29)18-5-9-20(10-6-18)33-15-21-4-3-13-32-21/h5-12,14,21H,3-4,13,15H2,1-2H3,(H,27,29)(H,25,26,28)/t21-/m1/s1. The van der Waals surface area contributed by atoms with Crippen LogP contribution in [-0.2, 0) is 14.8 Å². The lowest BCUT2D eigenvalue weighted by atomic mass is 10.2. The summed E-state index contributed by atoms with van der Waals surface area (Å²) in [7, 11) is -3.84. The second-order valence-electron chi connectivity index (χ2n) is 8.00. The Morgan fingerprint density at radius 2 is 1.82 bits per heavy atom. The van der Waals surface area contributed by atoms with Gasteiger partial charge in [0.2, 0.25) is 0 Å². The quantitative estimate of drug-likeness (QED) is 0.502. The number of aryl methyl sites for hydroxylation is 2. The number of nitrogens with one attached hydrogen (secondary N) is 2. The Balaban J connectivity index is 1.35. The smallest absolute Gasteiger partial charge is 0.263 e. The van der Waals surface area contributed by atoms with Crippen molar-refractivity contribution in [1.82, 2.24) is 9.97 Å². The summed E-state index contributed by atoms with van der Waals surface area (Å²) in [6.45, 7) is 4.72. The van der Waals surface area contributed by atoms with Crippen LogP contribution in [0.3, 0.4) is 0 Å². The van der Waals surface area contributed by atoms with Gasteiger partial charge < -0.3 is 14.8 Å². The highest BCUT2D eigenvalue weighted by Gasteiger charge is 2.17. The first-order valence-electron chi connectivity index (χ1n) is 10.9. The molecule has 4 rings (SSSR count). The first kappa shape index (κ1) is 23.7. The van der Waals surface area contributed by atoms with Gasteiger partial charge in [-0.1, -0.05) is 0 Å². The Morgan fingerprint density at radius 3 is 2.47 bits per heavy atom. The number of ether oxygens (including phenoxy) is 2. The lowest BCUT2D eigenvalue weighted by Gasteiger charge is -2.12. The predicted octanol–water partition coefficient (Wildman–Crippen LogP) is 3.70. The molecule has 178 valence electrons. The Morgan fingerprint density at radius 1 is 1.09 bits per heavy atom. The normalized spacial score (nSPS) is 15.6. The second kappa shape index (κ2) is 10.2. The van der Waals surface area contributed by atoms with Crippen molar-refractivity contribution in [3.05, 3.63) is 71.7 Å². The molecular formula is C24H26N4O5S. The zero-order valence-corrected chi connectivity index (χ0v) is 19.8. The molecule has 1 atom stereocenters. The average molecular weight is 483 g/mol. The van der Waals surface area contributed by atoms with E-state index in [9.17, 15) is 13.2 Å². The molecule has 1 fully saturated rings. The molecule has 3 aromatic rings. The maximum absolute atomic E-state index is 12.7. The van der Waals surface area contributed by atoms with Crippen molar-refractivity contribution in [2.45, 2.75) is 37.7 Å². The molecule has 1 aliphatic rings. The molecule has 0 aliphatic carbocycles. The van der Waals surface area contributed by atoms with Crippen molar-refractivity contribution in [1.29, 1.82) is 0 Å². The fraction of sp³-hybridized carbons (Fsp3) is 0.292. The van der Waals surface area contributed by atoms with E-state index in [0.29, 0.717) is 35.1 Å². The number of amides is 1. The highest BCUT2D eigenvalue weighted by molar-refractivity contribution is 7.92. The number of anilines is 2. The van der Waals surface area contributed by atoms with Crippen LogP contribution >= 0.6 is 0 Å². The van der Waals surface area contributed by atoms with E-state index in [1.807, 2.05) is 0 Å². The second-order valence-corrected chi connectivity index (χ2v) is 9.68. The fourth-order valence-electron chi connectivity index (χ4n) is 3.55. The molecule has 0 unspecified atom stereocenters. The molecule has 1 aromatic heterocycles. The topological polar surface area (TPSA) is 120 Å². The van der Waals surface area contributed by atoms with Crippen molar-refractivity contribution in [2.24, 2.45) is 0 Å². The number of carbonyl (C=O) groups is 1. The molecule has 0 radical (unpaired) electrons. The van der Waals surface area contributed by atoms with E-state index < -0.39 is 10.0 Å². The molecule has 1 amide bonds. The summed E-state index contributed by atoms with van der Waals surface area (Å²) < 4.78 is 39.0. The van der Waals surface area contributed by atoms with E-state index in [-0.39, 0.29) is 22.7 Å². The van der Waals surface area contributed by atoms with Crippen LogP contribution in [0.2, 0.25) is 0 Å². The van der Waals surface area contributed by atoms with Crippen molar-refractivity contribution < 1.29 is 22.7 Å². The van der Waals surface area contributed by atoms with Crippen LogP contribution in [0.4, 0.5) is 11.5 Å². The van der Waals surface area contributed by atoms with Crippen LogP contribution in [0, 0.1) is 13.8 Å². The molecule has 34 heavy (non-hydrogen) atoms. The van der Waals surface area contributed by atoms with E-state index in [0.717, 1.165) is 19.4 Å². The summed E-state index contributed by atoms with van der Waals surface area (Å²) in [5.74, 6) is 1.03. The van der Waals surface area contributed by atoms with Crippen molar-refractivity contribution in [3.8, 4) is 5.75 Å². The van der Waals surface area contributed by atoms with E-state index in [4.69, 9.17) is 9.47 Å². The number of rotatable bonds is 8. The van der Waals surface area contributed by atoms with Gasteiger partial charge in [0.1, 0.15) is 24.0 Å². The van der Waals surface area contributed by atoms with Crippen molar-refractivity contribution in [3.63, 3.8) is 0 Å². The maximum Gasteiger partial charge on any atom is 0.263 e. The van der Waals surface area contributed by atoms with Gasteiger partial charge in [-0.2, -0.15) is 0 Å². The van der Waals surface area contributed by atoms with Crippen molar-refractivity contribution in [2.75, 3.05) is 23.3 Å². The summed E-state index contributed by atoms with van der Waals surface area (Å²) >= 11 is 0. The lowest BCUT2D eigenvalue weighted by Crippen LogP contribution is -2.16. The monoisotopic (exact) mass is 482 g/mol. The molecular weight excluding hydrogens is 456 g/mol. The third kappa shape index (κ3) is 6.09. The van der Waals surface area contributed by atoms with Gasteiger partial charge in [-0.3, -0.25) is 9.52 Å². The highest BCUT2D eigenvalue weighted by atomic mass is 32.2. The van der Waals surface area contributed by atoms with Crippen LogP contribution in [-0.4, -0.2) is 43.6 Å². The number of benzene rings is 2. The van der Waals surface area contributed by atoms with Gasteiger partial charge in [0.25, 0.3) is 15.9 Å². The first-order chi connectivity index (χ1) is 16.3. The number of hydrogen-bond acceptors (Lipinski definition) is 7. The summed E-state index contributed by atoms with van der Waals surface area (Å²) in [5, 5.41) is 2.76. The number of aromatic nitrogens is 2. The first-order valence-corrected chi connectivity index (χ1v) is 12.4. The van der Waals surface area contributed by atoms with Gasteiger partial charge in [0.05, 0.1) is 11.0 Å². The SMILES string of the molecule is Cc1cc(NS(=O)(=O)c2ccc(NC(=O)c3ccc(OC[C@H]4CCCO4)cc3)cc2)nc(C)n1. The van der Waals surface area contributed by atoms with Gasteiger partial charge in [0.15, 0.2) is 0 Å². The highest BCUT2D eigenvalue weighted by Crippen LogP contribution is 2.20. The van der Waals surface area contributed by atoms with Crippen LogP contribution in [0.5, 0.6) is 5.75 Å². The molecule has 9 nitrogen and oxygen atoms in total. The number of hydrogen-bond donors (Lipinski definition) is 2. The molecule has 0 bridgehead atoms. The van der Waals surface area contributed by atoms with E-state index in [2.05, 4.69) is 20.0 Å². The van der Waals surface area contributed by atoms with Gasteiger partial charge in [0, 0.05) is 29.6 Å². The molecule has 1 aliphatic heterocycles. The maximum atomic E-state index is 12.7. The van der Waals surface area contributed by atoms with Crippen LogP contribution in [0.25, 0.3) is 0 Å². The van der Waals surface area contributed by atoms with E-state index in [1.54, 1.807) is 44.2 Å². The van der Waals surface area contributed by atoms with E-state index >= 15 is 0 Å². The third-order valence-corrected chi connectivity index (χ3v) is 6.57. The molecule has 0 spiro atoms. The van der Waals surface area contributed by atoms with Gasteiger partial charge in [-0.15, -0.1) is 0 Å². The summed E-state index contributed by atoms with van der Waals surface area (Å²) in [6, 6.07) is 14.3. The zero-order valence-electron chi connectivity index (χ0n) is 18.9. The Bertz CT molecular complexity index is 1240. The summed E-state index contributed by atoms with van der Waals surface area (Å²) in [4.78, 5) is 20.8. The summed E-state index contributed by atoms with van der Waals surface area (Å²) in [6.07, 6.45) is 2.17. The zero-order chi connectivity index (χ0) is 24.1. The summed E-state index contributed by atoms with van der Waals surface area (Å²) in [5.41, 5.74) is 1.58.